The first-order valence-corrected chi connectivity index (χ1v) is 7.78. The highest BCUT2D eigenvalue weighted by atomic mass is 79.9. The Morgan fingerprint density at radius 3 is 2.47 bits per heavy atom. The van der Waals surface area contributed by atoms with Crippen molar-refractivity contribution in [3.8, 4) is 0 Å². The molecule has 0 N–H and O–H groups in total. The first-order chi connectivity index (χ1) is 8.20. The second-order valence-electron chi connectivity index (χ2n) is 4.04. The molecule has 1 heterocycles. The summed E-state index contributed by atoms with van der Waals surface area (Å²) in [5.41, 5.74) is 3.70. The monoisotopic (exact) mass is 328 g/mol. The zero-order chi connectivity index (χ0) is 12.3. The maximum absolute atomic E-state index is 6.46. The fraction of sp³-hybridized carbons (Fsp3) is 0.286. The minimum atomic E-state index is -0.0479. The first-order valence-electron chi connectivity index (χ1n) is 5.67. The summed E-state index contributed by atoms with van der Waals surface area (Å²) < 4.78 is 1.13. The summed E-state index contributed by atoms with van der Waals surface area (Å²) in [6.45, 7) is 2.20. The van der Waals surface area contributed by atoms with Crippen molar-refractivity contribution in [2.45, 2.75) is 25.1 Å². The van der Waals surface area contributed by atoms with E-state index in [-0.39, 0.29) is 5.38 Å². The van der Waals surface area contributed by atoms with Gasteiger partial charge in [0.25, 0.3) is 0 Å². The van der Waals surface area contributed by atoms with E-state index in [1.54, 1.807) is 11.3 Å². The summed E-state index contributed by atoms with van der Waals surface area (Å²) in [4.78, 5) is 0. The van der Waals surface area contributed by atoms with Gasteiger partial charge in [-0.15, -0.1) is 22.9 Å². The number of halogens is 2. The van der Waals surface area contributed by atoms with Crippen LogP contribution in [0.5, 0.6) is 0 Å². The van der Waals surface area contributed by atoms with Gasteiger partial charge in [-0.3, -0.25) is 0 Å². The number of thiophene rings is 1. The van der Waals surface area contributed by atoms with Crippen LogP contribution < -0.4 is 0 Å². The summed E-state index contributed by atoms with van der Waals surface area (Å²) in [6.07, 6.45) is 2.32. The van der Waals surface area contributed by atoms with E-state index >= 15 is 0 Å². The van der Waals surface area contributed by atoms with Crippen LogP contribution in [-0.4, -0.2) is 0 Å². The van der Waals surface area contributed by atoms with Crippen LogP contribution in [0.4, 0.5) is 0 Å². The predicted molar refractivity (Wildman–Crippen MR) is 80.2 cm³/mol. The van der Waals surface area contributed by atoms with Crippen molar-refractivity contribution in [3.63, 3.8) is 0 Å². The fourth-order valence-electron chi connectivity index (χ4n) is 1.79. The van der Waals surface area contributed by atoms with Crippen molar-refractivity contribution in [1.29, 1.82) is 0 Å². The van der Waals surface area contributed by atoms with Crippen molar-refractivity contribution >= 4 is 38.9 Å². The van der Waals surface area contributed by atoms with Gasteiger partial charge in [0.05, 0.1) is 9.16 Å². The van der Waals surface area contributed by atoms with Gasteiger partial charge in [0.15, 0.2) is 0 Å². The molecule has 3 heteroatoms. The van der Waals surface area contributed by atoms with Crippen LogP contribution in [-0.2, 0) is 6.42 Å². The van der Waals surface area contributed by atoms with Gasteiger partial charge in [0.2, 0.25) is 0 Å². The van der Waals surface area contributed by atoms with E-state index in [9.17, 15) is 0 Å². The third-order valence-corrected chi connectivity index (χ3v) is 4.72. The lowest BCUT2D eigenvalue weighted by atomic mass is 10.0. The van der Waals surface area contributed by atoms with Crippen molar-refractivity contribution in [3.05, 3.63) is 56.2 Å². The lowest BCUT2D eigenvalue weighted by Crippen LogP contribution is -1.92. The van der Waals surface area contributed by atoms with Gasteiger partial charge < -0.3 is 0 Å². The molecule has 0 saturated carbocycles. The molecule has 0 aliphatic rings. The third kappa shape index (κ3) is 3.34. The lowest BCUT2D eigenvalue weighted by Gasteiger charge is -2.08. The van der Waals surface area contributed by atoms with Gasteiger partial charge in [-0.05, 0) is 50.5 Å². The average molecular weight is 330 g/mol. The second kappa shape index (κ2) is 6.03. The number of aryl methyl sites for hydroxylation is 1. The molecule has 1 aromatic carbocycles. The van der Waals surface area contributed by atoms with Crippen molar-refractivity contribution in [1.82, 2.24) is 0 Å². The van der Waals surface area contributed by atoms with E-state index in [4.69, 9.17) is 11.6 Å². The normalized spacial score (nSPS) is 12.6. The van der Waals surface area contributed by atoms with Gasteiger partial charge in [-0.2, -0.15) is 0 Å². The lowest BCUT2D eigenvalue weighted by molar-refractivity contribution is 0.920. The van der Waals surface area contributed by atoms with Crippen LogP contribution in [0.2, 0.25) is 0 Å². The van der Waals surface area contributed by atoms with Gasteiger partial charge in [0, 0.05) is 0 Å². The summed E-state index contributed by atoms with van der Waals surface area (Å²) in [5.74, 6) is 0. The highest BCUT2D eigenvalue weighted by Gasteiger charge is 2.12. The summed E-state index contributed by atoms with van der Waals surface area (Å²) in [7, 11) is 0. The third-order valence-electron chi connectivity index (χ3n) is 2.69. The zero-order valence-corrected chi connectivity index (χ0v) is 12.8. The van der Waals surface area contributed by atoms with E-state index in [1.165, 1.54) is 12.0 Å². The van der Waals surface area contributed by atoms with Crippen molar-refractivity contribution in [2.75, 3.05) is 0 Å². The topological polar surface area (TPSA) is 0 Å². The SMILES string of the molecule is CCCc1ccc(C(Cl)c2csc(Br)c2)cc1. The highest BCUT2D eigenvalue weighted by Crippen LogP contribution is 2.33. The molecule has 0 aliphatic carbocycles. The van der Waals surface area contributed by atoms with Crippen molar-refractivity contribution in [2.24, 2.45) is 0 Å². The van der Waals surface area contributed by atoms with Gasteiger partial charge >= 0.3 is 0 Å². The predicted octanol–water partition coefficient (Wildman–Crippen LogP) is 5.79. The number of alkyl halides is 1. The fourth-order valence-corrected chi connectivity index (χ4v) is 3.34. The minimum absolute atomic E-state index is 0.0479. The van der Waals surface area contributed by atoms with Crippen LogP contribution in [0.15, 0.2) is 39.5 Å². The highest BCUT2D eigenvalue weighted by molar-refractivity contribution is 9.11. The molecule has 90 valence electrons. The van der Waals surface area contributed by atoms with Gasteiger partial charge in [0.1, 0.15) is 0 Å². The minimum Gasteiger partial charge on any atom is -0.136 e. The summed E-state index contributed by atoms with van der Waals surface area (Å²) in [6, 6.07) is 10.7. The van der Waals surface area contributed by atoms with E-state index in [0.717, 1.165) is 21.3 Å². The maximum atomic E-state index is 6.46. The molecule has 0 saturated heterocycles. The Morgan fingerprint density at radius 2 is 1.94 bits per heavy atom. The molecule has 0 spiro atoms. The number of benzene rings is 1. The Morgan fingerprint density at radius 1 is 1.24 bits per heavy atom. The molecule has 0 amide bonds. The maximum Gasteiger partial charge on any atom is 0.0843 e. The largest absolute Gasteiger partial charge is 0.136 e. The molecule has 0 fully saturated rings. The summed E-state index contributed by atoms with van der Waals surface area (Å²) in [5, 5.41) is 2.05. The summed E-state index contributed by atoms with van der Waals surface area (Å²) >= 11 is 11.6. The molecule has 1 atom stereocenters. The molecule has 0 bridgehead atoms. The van der Waals surface area contributed by atoms with Crippen LogP contribution in [0.3, 0.4) is 0 Å². The van der Waals surface area contributed by atoms with E-state index in [2.05, 4.69) is 58.6 Å². The van der Waals surface area contributed by atoms with E-state index in [1.807, 2.05) is 0 Å². The smallest absolute Gasteiger partial charge is 0.0843 e. The number of rotatable bonds is 4. The molecule has 2 aromatic rings. The molecule has 0 radical (unpaired) electrons. The van der Waals surface area contributed by atoms with Crippen LogP contribution in [0, 0.1) is 0 Å². The van der Waals surface area contributed by atoms with Crippen LogP contribution in [0.25, 0.3) is 0 Å². The number of hydrogen-bond acceptors (Lipinski definition) is 1. The van der Waals surface area contributed by atoms with E-state index < -0.39 is 0 Å². The van der Waals surface area contributed by atoms with Gasteiger partial charge in [-0.25, -0.2) is 0 Å². The van der Waals surface area contributed by atoms with Crippen LogP contribution in [0.1, 0.15) is 35.4 Å². The Kier molecular flexibility index (Phi) is 4.66. The molecular weight excluding hydrogens is 316 g/mol. The standard InChI is InChI=1S/C14H14BrClS/c1-2-3-10-4-6-11(7-5-10)14(16)12-8-13(15)17-9-12/h4-9,14H,2-3H2,1H3. The average Bonchev–Trinajstić information content (AvgIpc) is 2.76. The Balaban J connectivity index is 2.16. The Hall–Kier alpha value is -0.310. The van der Waals surface area contributed by atoms with E-state index in [0.29, 0.717) is 0 Å². The van der Waals surface area contributed by atoms with Crippen LogP contribution >= 0.6 is 38.9 Å². The molecule has 17 heavy (non-hydrogen) atoms. The zero-order valence-electron chi connectivity index (χ0n) is 9.62. The molecule has 1 aromatic heterocycles. The number of hydrogen-bond donors (Lipinski definition) is 0. The molecule has 0 nitrogen and oxygen atoms in total. The Bertz CT molecular complexity index is 475. The first kappa shape index (κ1) is 13.1. The second-order valence-corrected chi connectivity index (χ2v) is 6.77. The molecule has 2 rings (SSSR count). The molecular formula is C14H14BrClS. The van der Waals surface area contributed by atoms with Crippen molar-refractivity contribution < 1.29 is 0 Å². The Labute approximate surface area is 120 Å². The quantitative estimate of drug-likeness (QED) is 0.623. The molecule has 0 aliphatic heterocycles. The van der Waals surface area contributed by atoms with Gasteiger partial charge in [-0.1, -0.05) is 37.6 Å². The molecule has 1 unspecified atom stereocenters.